The van der Waals surface area contributed by atoms with Crippen LogP contribution in [0.1, 0.15) is 44.9 Å². The van der Waals surface area contributed by atoms with Gasteiger partial charge in [-0.25, -0.2) is 0 Å². The Bertz CT molecular complexity index is 286. The van der Waals surface area contributed by atoms with E-state index in [1.807, 2.05) is 0 Å². The number of carbonyl (C=O) groups is 1. The van der Waals surface area contributed by atoms with E-state index in [-0.39, 0.29) is 0 Å². The first-order valence-corrected chi connectivity index (χ1v) is 7.35. The third-order valence-electron chi connectivity index (χ3n) is 4.95. The molecule has 1 aliphatic carbocycles. The third kappa shape index (κ3) is 2.35. The topological polar surface area (TPSA) is 32.3 Å². The molecule has 0 aromatic rings. The van der Waals surface area contributed by atoms with Gasteiger partial charge in [0.1, 0.15) is 0 Å². The quantitative estimate of drug-likeness (QED) is 0.792. The minimum atomic E-state index is 0.431. The molecule has 1 saturated carbocycles. The summed E-state index contributed by atoms with van der Waals surface area (Å²) in [6.07, 6.45) is 8.51. The van der Waals surface area contributed by atoms with Crippen LogP contribution in [-0.2, 0) is 4.79 Å². The lowest BCUT2D eigenvalue weighted by Gasteiger charge is -2.45. The number of nitrogens with zero attached hydrogens (tertiary/aromatic N) is 1. The average molecular weight is 236 g/mol. The highest BCUT2D eigenvalue weighted by molar-refractivity contribution is 5.77. The van der Waals surface area contributed by atoms with Gasteiger partial charge in [0, 0.05) is 19.0 Å². The van der Waals surface area contributed by atoms with Gasteiger partial charge in [0.05, 0.1) is 0 Å². The summed E-state index contributed by atoms with van der Waals surface area (Å²) in [4.78, 5) is 14.4. The Morgan fingerprint density at radius 1 is 1.18 bits per heavy atom. The molecule has 1 N–H and O–H groups in total. The maximum absolute atomic E-state index is 12.1. The highest BCUT2D eigenvalue weighted by Gasteiger charge is 2.38. The van der Waals surface area contributed by atoms with Crippen molar-refractivity contribution in [2.45, 2.75) is 51.0 Å². The van der Waals surface area contributed by atoms with Gasteiger partial charge in [0.25, 0.3) is 0 Å². The van der Waals surface area contributed by atoms with Crippen molar-refractivity contribution in [2.24, 2.45) is 11.8 Å². The lowest BCUT2D eigenvalue weighted by molar-refractivity contribution is -0.140. The molecule has 1 amide bonds. The second-order valence-electron chi connectivity index (χ2n) is 6.06. The maximum atomic E-state index is 12.1. The summed E-state index contributed by atoms with van der Waals surface area (Å²) in [5.41, 5.74) is 0. The Kier molecular flexibility index (Phi) is 3.37. The highest BCUT2D eigenvalue weighted by atomic mass is 16.2. The van der Waals surface area contributed by atoms with Crippen molar-refractivity contribution in [2.75, 3.05) is 19.6 Å². The van der Waals surface area contributed by atoms with Gasteiger partial charge >= 0.3 is 0 Å². The molecule has 17 heavy (non-hydrogen) atoms. The van der Waals surface area contributed by atoms with Gasteiger partial charge in [-0.1, -0.05) is 12.8 Å². The normalized spacial score (nSPS) is 35.1. The molecule has 3 nitrogen and oxygen atoms in total. The lowest BCUT2D eigenvalue weighted by Crippen LogP contribution is -2.56. The molecule has 0 aromatic heterocycles. The molecule has 3 heteroatoms. The summed E-state index contributed by atoms with van der Waals surface area (Å²) in [6, 6.07) is 0.554. The summed E-state index contributed by atoms with van der Waals surface area (Å²) >= 11 is 0. The van der Waals surface area contributed by atoms with E-state index in [0.29, 0.717) is 11.9 Å². The molecule has 0 radical (unpaired) electrons. The first-order chi connectivity index (χ1) is 8.34. The van der Waals surface area contributed by atoms with Crippen molar-refractivity contribution in [1.29, 1.82) is 0 Å². The van der Waals surface area contributed by atoms with Gasteiger partial charge in [0.2, 0.25) is 5.91 Å². The van der Waals surface area contributed by atoms with Gasteiger partial charge in [-0.2, -0.15) is 0 Å². The number of carbonyl (C=O) groups excluding carboxylic acids is 1. The number of likely N-dealkylation sites (tertiary alicyclic amines) is 1. The van der Waals surface area contributed by atoms with E-state index in [1.54, 1.807) is 0 Å². The van der Waals surface area contributed by atoms with Gasteiger partial charge in [-0.15, -0.1) is 0 Å². The first-order valence-electron chi connectivity index (χ1n) is 7.35. The number of hydrogen-bond donors (Lipinski definition) is 1. The van der Waals surface area contributed by atoms with E-state index in [4.69, 9.17) is 0 Å². The molecule has 2 saturated heterocycles. The van der Waals surface area contributed by atoms with Crippen LogP contribution < -0.4 is 5.32 Å². The van der Waals surface area contributed by atoms with Crippen LogP contribution in [0, 0.1) is 11.8 Å². The Morgan fingerprint density at radius 2 is 2.00 bits per heavy atom. The predicted octanol–water partition coefficient (Wildman–Crippen LogP) is 1.78. The molecule has 3 aliphatic rings. The number of piperidine rings is 2. The lowest BCUT2D eigenvalue weighted by atomic mass is 9.83. The van der Waals surface area contributed by atoms with Crippen molar-refractivity contribution in [3.8, 4) is 0 Å². The minimum Gasteiger partial charge on any atom is -0.339 e. The number of amides is 1. The van der Waals surface area contributed by atoms with E-state index < -0.39 is 0 Å². The van der Waals surface area contributed by atoms with Gasteiger partial charge in [-0.05, 0) is 50.6 Å². The van der Waals surface area contributed by atoms with Crippen LogP contribution >= 0.6 is 0 Å². The number of hydrogen-bond acceptors (Lipinski definition) is 2. The number of rotatable bonds is 2. The molecule has 0 aromatic carbocycles. The van der Waals surface area contributed by atoms with Crippen molar-refractivity contribution in [3.05, 3.63) is 0 Å². The number of nitrogens with one attached hydrogen (secondary N) is 1. The van der Waals surface area contributed by atoms with Gasteiger partial charge in [-0.3, -0.25) is 4.79 Å². The van der Waals surface area contributed by atoms with Crippen LogP contribution in [0.2, 0.25) is 0 Å². The zero-order valence-electron chi connectivity index (χ0n) is 10.7. The zero-order valence-corrected chi connectivity index (χ0v) is 10.7. The molecule has 2 unspecified atom stereocenters. The molecular formula is C14H24N2O. The minimum absolute atomic E-state index is 0.431. The van der Waals surface area contributed by atoms with E-state index in [9.17, 15) is 4.79 Å². The summed E-state index contributed by atoms with van der Waals surface area (Å²) in [5, 5.41) is 3.47. The van der Waals surface area contributed by atoms with E-state index in [0.717, 1.165) is 44.3 Å². The molecule has 2 heterocycles. The standard InChI is InChI=1S/C14H24N2O/c17-14-6-5-12-9-15-8-7-13(12)16(14)10-11-3-1-2-4-11/h11-13,15H,1-10H2. The summed E-state index contributed by atoms with van der Waals surface area (Å²) in [5.74, 6) is 1.95. The van der Waals surface area contributed by atoms with Crippen LogP contribution in [0.5, 0.6) is 0 Å². The van der Waals surface area contributed by atoms with E-state index in [2.05, 4.69) is 10.2 Å². The van der Waals surface area contributed by atoms with Gasteiger partial charge in [0.15, 0.2) is 0 Å². The largest absolute Gasteiger partial charge is 0.339 e. The molecule has 2 atom stereocenters. The van der Waals surface area contributed by atoms with Gasteiger partial charge < -0.3 is 10.2 Å². The van der Waals surface area contributed by atoms with Crippen molar-refractivity contribution in [1.82, 2.24) is 10.2 Å². The zero-order chi connectivity index (χ0) is 11.7. The smallest absolute Gasteiger partial charge is 0.222 e. The Hall–Kier alpha value is -0.570. The first kappa shape index (κ1) is 11.5. The highest BCUT2D eigenvalue weighted by Crippen LogP contribution is 2.32. The van der Waals surface area contributed by atoms with E-state index >= 15 is 0 Å². The maximum Gasteiger partial charge on any atom is 0.222 e. The number of fused-ring (bicyclic) bond motifs is 1. The van der Waals surface area contributed by atoms with Crippen LogP contribution in [0.3, 0.4) is 0 Å². The SMILES string of the molecule is O=C1CCC2CNCCC2N1CC1CCCC1. The van der Waals surface area contributed by atoms with Crippen LogP contribution in [0.15, 0.2) is 0 Å². The molecule has 96 valence electrons. The third-order valence-corrected chi connectivity index (χ3v) is 4.95. The molecule has 3 fully saturated rings. The van der Waals surface area contributed by atoms with Crippen molar-refractivity contribution >= 4 is 5.91 Å². The second-order valence-corrected chi connectivity index (χ2v) is 6.06. The van der Waals surface area contributed by atoms with Crippen molar-refractivity contribution < 1.29 is 4.79 Å². The Balaban J connectivity index is 1.67. The fraction of sp³-hybridized carbons (Fsp3) is 0.929. The van der Waals surface area contributed by atoms with Crippen LogP contribution in [0.25, 0.3) is 0 Å². The average Bonchev–Trinajstić information content (AvgIpc) is 2.86. The Morgan fingerprint density at radius 3 is 2.82 bits per heavy atom. The van der Waals surface area contributed by atoms with Crippen molar-refractivity contribution in [3.63, 3.8) is 0 Å². The Labute approximate surface area is 104 Å². The predicted molar refractivity (Wildman–Crippen MR) is 67.7 cm³/mol. The fourth-order valence-corrected chi connectivity index (χ4v) is 3.96. The summed E-state index contributed by atoms with van der Waals surface area (Å²) in [7, 11) is 0. The molecule has 2 aliphatic heterocycles. The van der Waals surface area contributed by atoms with Crippen LogP contribution in [0.4, 0.5) is 0 Å². The molecular weight excluding hydrogens is 212 g/mol. The van der Waals surface area contributed by atoms with E-state index in [1.165, 1.54) is 32.1 Å². The van der Waals surface area contributed by atoms with Crippen LogP contribution in [-0.4, -0.2) is 36.5 Å². The molecule has 3 rings (SSSR count). The molecule has 0 spiro atoms. The molecule has 0 bridgehead atoms. The monoisotopic (exact) mass is 236 g/mol. The second kappa shape index (κ2) is 4.97. The summed E-state index contributed by atoms with van der Waals surface area (Å²) < 4.78 is 0. The summed E-state index contributed by atoms with van der Waals surface area (Å²) in [6.45, 7) is 3.27. The fourth-order valence-electron chi connectivity index (χ4n) is 3.96.